The molecule has 2 aromatic rings. The van der Waals surface area contributed by atoms with Gasteiger partial charge in [0.2, 0.25) is 0 Å². The van der Waals surface area contributed by atoms with Gasteiger partial charge < -0.3 is 14.2 Å². The van der Waals surface area contributed by atoms with Crippen LogP contribution in [-0.4, -0.2) is 45.1 Å². The molecule has 0 aliphatic rings. The van der Waals surface area contributed by atoms with Crippen molar-refractivity contribution in [1.29, 1.82) is 0 Å². The Balaban J connectivity index is 2.65. The van der Waals surface area contributed by atoms with Gasteiger partial charge in [-0.05, 0) is 33.2 Å². The second-order valence-corrected chi connectivity index (χ2v) is 7.55. The average Bonchev–Trinajstić information content (AvgIpc) is 2.76. The SMILES string of the molecule is CCOc1cccc2c1c(S(=O)(=O)Cl)cn2CCN(C)C. The van der Waals surface area contributed by atoms with Crippen LogP contribution in [0.15, 0.2) is 29.3 Å². The minimum Gasteiger partial charge on any atom is -0.493 e. The standard InChI is InChI=1S/C14H19ClN2O3S/c1-4-20-12-7-5-6-11-14(12)13(21(15,18)19)10-17(11)9-8-16(2)3/h5-7,10H,4,8-9H2,1-3H3. The fraction of sp³-hybridized carbons (Fsp3) is 0.429. The zero-order valence-corrected chi connectivity index (χ0v) is 13.9. The molecule has 0 N–H and O–H groups in total. The van der Waals surface area contributed by atoms with Crippen LogP contribution in [0.5, 0.6) is 5.75 Å². The minimum absolute atomic E-state index is 0.0990. The fourth-order valence-corrected chi connectivity index (χ4v) is 3.29. The van der Waals surface area contributed by atoms with Gasteiger partial charge in [0, 0.05) is 30.0 Å². The second kappa shape index (κ2) is 6.25. The lowest BCUT2D eigenvalue weighted by atomic mass is 10.2. The van der Waals surface area contributed by atoms with Crippen LogP contribution in [0.2, 0.25) is 0 Å². The van der Waals surface area contributed by atoms with Crippen molar-refractivity contribution in [3.05, 3.63) is 24.4 Å². The lowest BCUT2D eigenvalue weighted by Gasteiger charge is -2.11. The molecule has 1 aromatic heterocycles. The third-order valence-electron chi connectivity index (χ3n) is 3.18. The molecule has 116 valence electrons. The second-order valence-electron chi connectivity index (χ2n) is 5.01. The molecule has 21 heavy (non-hydrogen) atoms. The van der Waals surface area contributed by atoms with Crippen molar-refractivity contribution < 1.29 is 13.2 Å². The Labute approximate surface area is 129 Å². The van der Waals surface area contributed by atoms with Gasteiger partial charge in [-0.2, -0.15) is 0 Å². The van der Waals surface area contributed by atoms with Crippen LogP contribution >= 0.6 is 10.7 Å². The van der Waals surface area contributed by atoms with Crippen molar-refractivity contribution in [2.75, 3.05) is 27.2 Å². The Morgan fingerprint density at radius 2 is 2.05 bits per heavy atom. The average molecular weight is 331 g/mol. The molecule has 2 rings (SSSR count). The van der Waals surface area contributed by atoms with Gasteiger partial charge in [-0.3, -0.25) is 0 Å². The molecule has 0 unspecified atom stereocenters. The fourth-order valence-electron chi connectivity index (χ4n) is 2.24. The Morgan fingerprint density at radius 3 is 2.62 bits per heavy atom. The number of aromatic nitrogens is 1. The van der Waals surface area contributed by atoms with Gasteiger partial charge >= 0.3 is 0 Å². The molecule has 1 heterocycles. The molecular formula is C14H19ClN2O3S. The Hall–Kier alpha value is -1.24. The highest BCUT2D eigenvalue weighted by atomic mass is 35.7. The van der Waals surface area contributed by atoms with Gasteiger partial charge in [-0.1, -0.05) is 6.07 Å². The van der Waals surface area contributed by atoms with E-state index in [0.717, 1.165) is 12.1 Å². The molecule has 1 aromatic carbocycles. The first-order chi connectivity index (χ1) is 9.84. The van der Waals surface area contributed by atoms with Gasteiger partial charge in [0.1, 0.15) is 10.6 Å². The molecule has 7 heteroatoms. The molecule has 0 atom stereocenters. The van der Waals surface area contributed by atoms with Crippen LogP contribution in [0.25, 0.3) is 10.9 Å². The summed E-state index contributed by atoms with van der Waals surface area (Å²) in [5, 5.41) is 0.549. The molecule has 0 fully saturated rings. The first kappa shape index (κ1) is 16.1. The largest absolute Gasteiger partial charge is 0.493 e. The molecule has 5 nitrogen and oxygen atoms in total. The van der Waals surface area contributed by atoms with Crippen LogP contribution in [0.4, 0.5) is 0 Å². The summed E-state index contributed by atoms with van der Waals surface area (Å²) >= 11 is 0. The van der Waals surface area contributed by atoms with Gasteiger partial charge in [0.05, 0.1) is 17.5 Å². The van der Waals surface area contributed by atoms with Crippen LogP contribution in [0.3, 0.4) is 0 Å². The van der Waals surface area contributed by atoms with E-state index in [1.165, 1.54) is 0 Å². The Bertz CT molecular complexity index is 738. The summed E-state index contributed by atoms with van der Waals surface area (Å²) in [6, 6.07) is 5.48. The summed E-state index contributed by atoms with van der Waals surface area (Å²) in [4.78, 5) is 2.13. The maximum absolute atomic E-state index is 11.8. The molecule has 0 spiro atoms. The monoisotopic (exact) mass is 330 g/mol. The van der Waals surface area contributed by atoms with Crippen molar-refractivity contribution in [2.24, 2.45) is 0 Å². The van der Waals surface area contributed by atoms with E-state index >= 15 is 0 Å². The van der Waals surface area contributed by atoms with E-state index in [9.17, 15) is 8.42 Å². The third kappa shape index (κ3) is 3.51. The van der Waals surface area contributed by atoms with Crippen molar-refractivity contribution >= 4 is 30.6 Å². The van der Waals surface area contributed by atoms with Crippen molar-refractivity contribution in [3.8, 4) is 5.75 Å². The van der Waals surface area contributed by atoms with Crippen LogP contribution in [0, 0.1) is 0 Å². The number of halogens is 1. The quantitative estimate of drug-likeness (QED) is 0.764. The summed E-state index contributed by atoms with van der Waals surface area (Å²) in [5.41, 5.74) is 0.807. The summed E-state index contributed by atoms with van der Waals surface area (Å²) in [6.07, 6.45) is 1.58. The van der Waals surface area contributed by atoms with E-state index < -0.39 is 9.05 Å². The first-order valence-electron chi connectivity index (χ1n) is 6.68. The highest BCUT2D eigenvalue weighted by molar-refractivity contribution is 8.14. The van der Waals surface area contributed by atoms with Gasteiger partial charge in [0.25, 0.3) is 9.05 Å². The van der Waals surface area contributed by atoms with E-state index in [4.69, 9.17) is 15.4 Å². The maximum atomic E-state index is 11.8. The summed E-state index contributed by atoms with van der Waals surface area (Å²) < 4.78 is 31.1. The number of hydrogen-bond acceptors (Lipinski definition) is 4. The van der Waals surface area contributed by atoms with Crippen molar-refractivity contribution in [1.82, 2.24) is 9.47 Å². The van der Waals surface area contributed by atoms with Crippen molar-refractivity contribution in [2.45, 2.75) is 18.4 Å². The number of nitrogens with zero attached hydrogens (tertiary/aromatic N) is 2. The van der Waals surface area contributed by atoms with Crippen LogP contribution in [0.1, 0.15) is 6.92 Å². The molecule has 0 radical (unpaired) electrons. The molecule has 0 aliphatic carbocycles. The minimum atomic E-state index is -3.83. The van der Waals surface area contributed by atoms with E-state index in [1.807, 2.05) is 42.6 Å². The van der Waals surface area contributed by atoms with E-state index in [1.54, 1.807) is 12.3 Å². The topological polar surface area (TPSA) is 51.5 Å². The molecule has 0 aliphatic heterocycles. The zero-order valence-electron chi connectivity index (χ0n) is 12.3. The molecule has 0 saturated carbocycles. The molecular weight excluding hydrogens is 312 g/mol. The summed E-state index contributed by atoms with van der Waals surface area (Å²) in [6.45, 7) is 3.79. The van der Waals surface area contributed by atoms with Gasteiger partial charge in [-0.15, -0.1) is 0 Å². The third-order valence-corrected chi connectivity index (χ3v) is 4.52. The Kier molecular flexibility index (Phi) is 4.81. The molecule has 0 saturated heterocycles. The zero-order chi connectivity index (χ0) is 15.6. The number of likely N-dealkylation sites (N-methyl/N-ethyl adjacent to an activating group) is 1. The van der Waals surface area contributed by atoms with Gasteiger partial charge in [-0.25, -0.2) is 8.42 Å². The Morgan fingerprint density at radius 1 is 1.33 bits per heavy atom. The van der Waals surface area contributed by atoms with Gasteiger partial charge in [0.15, 0.2) is 0 Å². The van der Waals surface area contributed by atoms with E-state index in [2.05, 4.69) is 0 Å². The number of rotatable bonds is 6. The predicted molar refractivity (Wildman–Crippen MR) is 84.7 cm³/mol. The normalized spacial score (nSPS) is 12.2. The summed E-state index contributed by atoms with van der Waals surface area (Å²) in [7, 11) is 5.69. The first-order valence-corrected chi connectivity index (χ1v) is 8.99. The highest BCUT2D eigenvalue weighted by Gasteiger charge is 2.21. The highest BCUT2D eigenvalue weighted by Crippen LogP contribution is 2.35. The maximum Gasteiger partial charge on any atom is 0.263 e. The van der Waals surface area contributed by atoms with E-state index in [0.29, 0.717) is 24.3 Å². The van der Waals surface area contributed by atoms with Crippen LogP contribution in [-0.2, 0) is 15.6 Å². The van der Waals surface area contributed by atoms with E-state index in [-0.39, 0.29) is 4.90 Å². The lowest BCUT2D eigenvalue weighted by Crippen LogP contribution is -2.17. The molecule has 0 amide bonds. The predicted octanol–water partition coefficient (Wildman–Crippen LogP) is 2.53. The number of benzene rings is 1. The smallest absolute Gasteiger partial charge is 0.263 e. The number of hydrogen-bond donors (Lipinski definition) is 0. The van der Waals surface area contributed by atoms with Crippen LogP contribution < -0.4 is 4.74 Å². The molecule has 0 bridgehead atoms. The summed E-state index contributed by atoms with van der Waals surface area (Å²) in [5.74, 6) is 0.540. The lowest BCUT2D eigenvalue weighted by molar-refractivity contribution is 0.344. The van der Waals surface area contributed by atoms with Crippen molar-refractivity contribution in [3.63, 3.8) is 0 Å². The number of fused-ring (bicyclic) bond motifs is 1. The number of ether oxygens (including phenoxy) is 1.